The van der Waals surface area contributed by atoms with E-state index in [1.54, 1.807) is 25.2 Å². The molecule has 1 aromatic rings. The van der Waals surface area contributed by atoms with Crippen LogP contribution in [0.5, 0.6) is 0 Å². The van der Waals surface area contributed by atoms with E-state index < -0.39 is 0 Å². The molecule has 5 N–H and O–H groups in total. The molecule has 0 saturated carbocycles. The van der Waals surface area contributed by atoms with Crippen LogP contribution in [0.1, 0.15) is 23.7 Å². The Kier molecular flexibility index (Phi) is 4.78. The molecule has 1 unspecified atom stereocenters. The van der Waals surface area contributed by atoms with Gasteiger partial charge in [-0.1, -0.05) is 0 Å². The van der Waals surface area contributed by atoms with E-state index in [0.717, 1.165) is 0 Å². The molecule has 0 radical (unpaired) electrons. The Morgan fingerprint density at radius 1 is 1.53 bits per heavy atom. The molecule has 17 heavy (non-hydrogen) atoms. The van der Waals surface area contributed by atoms with Gasteiger partial charge in [-0.25, -0.2) is 0 Å². The van der Waals surface area contributed by atoms with Crippen LogP contribution in [-0.4, -0.2) is 30.7 Å². The quantitative estimate of drug-likeness (QED) is 0.571. The molecule has 0 bridgehead atoms. The van der Waals surface area contributed by atoms with E-state index in [0.29, 0.717) is 23.4 Å². The molecule has 1 rings (SSSR count). The van der Waals surface area contributed by atoms with Gasteiger partial charge < -0.3 is 21.5 Å². The van der Waals surface area contributed by atoms with Crippen molar-refractivity contribution in [1.82, 2.24) is 5.32 Å². The number of carbonyl (C=O) groups is 1. The van der Waals surface area contributed by atoms with Gasteiger partial charge in [-0.3, -0.25) is 4.79 Å². The number of aliphatic hydroxyl groups is 1. The van der Waals surface area contributed by atoms with Gasteiger partial charge in [0.05, 0.1) is 11.4 Å². The van der Waals surface area contributed by atoms with Crippen molar-refractivity contribution in [3.8, 4) is 0 Å². The number of nitrogen functional groups attached to an aromatic ring is 1. The van der Waals surface area contributed by atoms with Crippen LogP contribution in [-0.2, 0) is 0 Å². The number of hydrogen-bond donors (Lipinski definition) is 4. The zero-order chi connectivity index (χ0) is 12.8. The highest BCUT2D eigenvalue weighted by atomic mass is 16.3. The molecule has 94 valence electrons. The summed E-state index contributed by atoms with van der Waals surface area (Å²) in [5.74, 6) is -0.150. The van der Waals surface area contributed by atoms with Gasteiger partial charge in [0.25, 0.3) is 5.91 Å². The molecule has 5 heteroatoms. The van der Waals surface area contributed by atoms with E-state index >= 15 is 0 Å². The fourth-order valence-electron chi connectivity index (χ4n) is 1.50. The Labute approximate surface area is 101 Å². The van der Waals surface area contributed by atoms with Crippen LogP contribution in [0.3, 0.4) is 0 Å². The Morgan fingerprint density at radius 2 is 2.24 bits per heavy atom. The van der Waals surface area contributed by atoms with Gasteiger partial charge >= 0.3 is 0 Å². The zero-order valence-electron chi connectivity index (χ0n) is 10.2. The fraction of sp³-hybridized carbons (Fsp3) is 0.417. The summed E-state index contributed by atoms with van der Waals surface area (Å²) < 4.78 is 0. The third-order valence-corrected chi connectivity index (χ3v) is 2.51. The Hall–Kier alpha value is -1.75. The highest BCUT2D eigenvalue weighted by Gasteiger charge is 2.08. The lowest BCUT2D eigenvalue weighted by atomic mass is 10.1. The standard InChI is InChI=1S/C12H19N3O2/c1-8(5-6-16)15-11-7-9(12(17)14-2)3-4-10(11)13/h3-4,7-8,15-16H,5-6,13H2,1-2H3,(H,14,17). The van der Waals surface area contributed by atoms with Gasteiger partial charge in [0.15, 0.2) is 0 Å². The van der Waals surface area contributed by atoms with Crippen LogP contribution in [0.2, 0.25) is 0 Å². The summed E-state index contributed by atoms with van der Waals surface area (Å²) >= 11 is 0. The van der Waals surface area contributed by atoms with Crippen LogP contribution in [0.4, 0.5) is 11.4 Å². The summed E-state index contributed by atoms with van der Waals surface area (Å²) in [7, 11) is 1.58. The summed E-state index contributed by atoms with van der Waals surface area (Å²) in [6.45, 7) is 2.06. The molecule has 0 saturated heterocycles. The summed E-state index contributed by atoms with van der Waals surface area (Å²) in [5.41, 5.74) is 7.68. The van der Waals surface area contributed by atoms with Crippen LogP contribution in [0, 0.1) is 0 Å². The number of amides is 1. The first-order valence-corrected chi connectivity index (χ1v) is 5.57. The summed E-state index contributed by atoms with van der Waals surface area (Å²) in [6, 6.07) is 5.18. The maximum atomic E-state index is 11.5. The third-order valence-electron chi connectivity index (χ3n) is 2.51. The number of nitrogens with two attached hydrogens (primary N) is 1. The van der Waals surface area contributed by atoms with E-state index in [-0.39, 0.29) is 18.6 Å². The number of carbonyl (C=O) groups excluding carboxylic acids is 1. The average Bonchev–Trinajstić information content (AvgIpc) is 2.31. The van der Waals surface area contributed by atoms with E-state index in [1.165, 1.54) is 0 Å². The van der Waals surface area contributed by atoms with Crippen LogP contribution >= 0.6 is 0 Å². The minimum atomic E-state index is -0.150. The van der Waals surface area contributed by atoms with Crippen molar-refractivity contribution in [3.63, 3.8) is 0 Å². The first-order chi connectivity index (χ1) is 8.08. The number of nitrogens with one attached hydrogen (secondary N) is 2. The van der Waals surface area contributed by atoms with Gasteiger partial charge in [0, 0.05) is 25.3 Å². The van der Waals surface area contributed by atoms with Crippen molar-refractivity contribution in [2.75, 3.05) is 24.7 Å². The van der Waals surface area contributed by atoms with Gasteiger partial charge in [-0.15, -0.1) is 0 Å². The lowest BCUT2D eigenvalue weighted by Crippen LogP contribution is -2.20. The highest BCUT2D eigenvalue weighted by Crippen LogP contribution is 2.21. The number of benzene rings is 1. The molecule has 0 aliphatic rings. The Balaban J connectivity index is 2.86. The number of anilines is 2. The molecule has 0 aromatic heterocycles. The summed E-state index contributed by atoms with van der Waals surface area (Å²) in [5, 5.41) is 14.6. The van der Waals surface area contributed by atoms with Crippen molar-refractivity contribution in [2.45, 2.75) is 19.4 Å². The van der Waals surface area contributed by atoms with E-state index in [2.05, 4.69) is 10.6 Å². The van der Waals surface area contributed by atoms with Crippen molar-refractivity contribution >= 4 is 17.3 Å². The second-order valence-electron chi connectivity index (χ2n) is 3.94. The predicted molar refractivity (Wildman–Crippen MR) is 69.0 cm³/mol. The smallest absolute Gasteiger partial charge is 0.251 e. The molecule has 5 nitrogen and oxygen atoms in total. The number of hydrogen-bond acceptors (Lipinski definition) is 4. The SMILES string of the molecule is CNC(=O)c1ccc(N)c(NC(C)CCO)c1. The second kappa shape index (κ2) is 6.10. The topological polar surface area (TPSA) is 87.4 Å². The van der Waals surface area contributed by atoms with Crippen LogP contribution in [0.25, 0.3) is 0 Å². The molecule has 0 heterocycles. The largest absolute Gasteiger partial charge is 0.397 e. The van der Waals surface area contributed by atoms with Crippen molar-refractivity contribution < 1.29 is 9.90 Å². The van der Waals surface area contributed by atoms with E-state index in [9.17, 15) is 4.79 Å². The highest BCUT2D eigenvalue weighted by molar-refractivity contribution is 5.96. The maximum absolute atomic E-state index is 11.5. The van der Waals surface area contributed by atoms with E-state index in [1.807, 2.05) is 6.92 Å². The lowest BCUT2D eigenvalue weighted by Gasteiger charge is -2.16. The number of rotatable bonds is 5. The molecule has 0 spiro atoms. The molecular weight excluding hydrogens is 218 g/mol. The monoisotopic (exact) mass is 237 g/mol. The lowest BCUT2D eigenvalue weighted by molar-refractivity contribution is 0.0963. The molecule has 0 fully saturated rings. The summed E-state index contributed by atoms with van der Waals surface area (Å²) in [6.07, 6.45) is 0.629. The normalized spacial score (nSPS) is 11.9. The predicted octanol–water partition coefficient (Wildman–Crippen LogP) is 0.811. The zero-order valence-corrected chi connectivity index (χ0v) is 10.2. The number of aliphatic hydroxyl groups excluding tert-OH is 1. The van der Waals surface area contributed by atoms with Gasteiger partial charge in [0.2, 0.25) is 0 Å². The molecule has 1 aromatic carbocycles. The van der Waals surface area contributed by atoms with Crippen LogP contribution < -0.4 is 16.4 Å². The fourth-order valence-corrected chi connectivity index (χ4v) is 1.50. The molecule has 0 aliphatic carbocycles. The molecular formula is C12H19N3O2. The van der Waals surface area contributed by atoms with E-state index in [4.69, 9.17) is 10.8 Å². The minimum absolute atomic E-state index is 0.0993. The summed E-state index contributed by atoms with van der Waals surface area (Å²) in [4.78, 5) is 11.5. The van der Waals surface area contributed by atoms with Gasteiger partial charge in [-0.05, 0) is 31.5 Å². The third kappa shape index (κ3) is 3.64. The van der Waals surface area contributed by atoms with Crippen molar-refractivity contribution in [3.05, 3.63) is 23.8 Å². The molecule has 1 amide bonds. The van der Waals surface area contributed by atoms with Crippen LogP contribution in [0.15, 0.2) is 18.2 Å². The first kappa shape index (κ1) is 13.3. The van der Waals surface area contributed by atoms with Crippen molar-refractivity contribution in [1.29, 1.82) is 0 Å². The molecule has 0 aliphatic heterocycles. The van der Waals surface area contributed by atoms with Gasteiger partial charge in [-0.2, -0.15) is 0 Å². The van der Waals surface area contributed by atoms with Crippen molar-refractivity contribution in [2.24, 2.45) is 0 Å². The molecule has 1 atom stereocenters. The first-order valence-electron chi connectivity index (χ1n) is 5.57. The average molecular weight is 237 g/mol. The second-order valence-corrected chi connectivity index (χ2v) is 3.94. The minimum Gasteiger partial charge on any atom is -0.397 e. The Bertz CT molecular complexity index is 393. The maximum Gasteiger partial charge on any atom is 0.251 e. The van der Waals surface area contributed by atoms with Gasteiger partial charge in [0.1, 0.15) is 0 Å². The Morgan fingerprint density at radius 3 is 2.82 bits per heavy atom.